The monoisotopic (exact) mass is 567 g/mol. The number of halogens is 3. The second-order valence-corrected chi connectivity index (χ2v) is 12.0. The van der Waals surface area contributed by atoms with Gasteiger partial charge in [0, 0.05) is 37.0 Å². The smallest absolute Gasteiger partial charge is 0.451 e. The second-order valence-electron chi connectivity index (χ2n) is 10.9. The predicted octanol–water partition coefficient (Wildman–Crippen LogP) is 4.91. The number of ether oxygens (including phenoxy) is 2. The number of fused-ring (bicyclic) bond motifs is 2. The van der Waals surface area contributed by atoms with Crippen LogP contribution < -0.4 is 9.64 Å². The maximum Gasteiger partial charge on any atom is 0.451 e. The van der Waals surface area contributed by atoms with Gasteiger partial charge in [-0.1, -0.05) is 13.3 Å². The molecule has 3 aromatic rings. The van der Waals surface area contributed by atoms with Crippen LogP contribution in [0.2, 0.25) is 0 Å². The summed E-state index contributed by atoms with van der Waals surface area (Å²) in [5.41, 5.74) is -0.557. The number of aryl methyl sites for hydroxylation is 1. The van der Waals surface area contributed by atoms with Gasteiger partial charge in [-0.25, -0.2) is 4.79 Å². The molecule has 5 heterocycles. The Morgan fingerprint density at radius 3 is 2.67 bits per heavy atom. The van der Waals surface area contributed by atoms with Crippen molar-refractivity contribution in [3.63, 3.8) is 0 Å². The van der Waals surface area contributed by atoms with Crippen molar-refractivity contribution >= 4 is 33.5 Å². The molecule has 1 saturated heterocycles. The summed E-state index contributed by atoms with van der Waals surface area (Å²) in [5.74, 6) is -0.0291. The summed E-state index contributed by atoms with van der Waals surface area (Å²) in [6.07, 6.45) is -2.25. The van der Waals surface area contributed by atoms with E-state index >= 15 is 0 Å². The van der Waals surface area contributed by atoms with Crippen molar-refractivity contribution in [3.05, 3.63) is 22.6 Å². The second kappa shape index (κ2) is 10.4. The van der Waals surface area contributed by atoms with E-state index in [-0.39, 0.29) is 36.9 Å². The number of aromatic nitrogens is 5. The van der Waals surface area contributed by atoms with Gasteiger partial charge in [0.15, 0.2) is 5.82 Å². The van der Waals surface area contributed by atoms with Gasteiger partial charge in [0.2, 0.25) is 5.82 Å². The minimum absolute atomic E-state index is 0.0907. The highest BCUT2D eigenvalue weighted by molar-refractivity contribution is 7.18. The Kier molecular flexibility index (Phi) is 7.33. The van der Waals surface area contributed by atoms with Crippen molar-refractivity contribution in [2.24, 2.45) is 5.92 Å². The maximum absolute atomic E-state index is 13.3. The van der Waals surface area contributed by atoms with Crippen LogP contribution in [0.3, 0.4) is 0 Å². The van der Waals surface area contributed by atoms with Crippen LogP contribution >= 0.6 is 11.3 Å². The lowest BCUT2D eigenvalue weighted by molar-refractivity contribution is -0.147. The van der Waals surface area contributed by atoms with Crippen molar-refractivity contribution in [2.45, 2.75) is 71.8 Å². The molecule has 5 rings (SSSR count). The summed E-state index contributed by atoms with van der Waals surface area (Å²) < 4.78 is 52.6. The molecule has 10 nitrogen and oxygen atoms in total. The van der Waals surface area contributed by atoms with Crippen LogP contribution in [0.5, 0.6) is 6.01 Å². The third kappa shape index (κ3) is 6.04. The topological polar surface area (TPSA) is 98.5 Å². The fraction of sp³-hybridized carbons (Fsp3) is 0.640. The molecule has 0 N–H and O–H groups in total. The largest absolute Gasteiger partial charge is 0.463 e. The maximum atomic E-state index is 13.3. The Morgan fingerprint density at radius 2 is 1.95 bits per heavy atom. The van der Waals surface area contributed by atoms with Crippen molar-refractivity contribution in [1.82, 2.24) is 29.6 Å². The van der Waals surface area contributed by atoms with Crippen LogP contribution in [-0.2, 0) is 30.4 Å². The molecule has 3 aromatic heterocycles. The van der Waals surface area contributed by atoms with Crippen LogP contribution in [0.25, 0.3) is 10.2 Å². The molecule has 0 radical (unpaired) electrons. The highest BCUT2D eigenvalue weighted by atomic mass is 32.1. The quantitative estimate of drug-likeness (QED) is 0.415. The number of nitrogens with zero attached hydrogens (tertiary/aromatic N) is 7. The average molecular weight is 568 g/mol. The zero-order valence-corrected chi connectivity index (χ0v) is 23.2. The Balaban J connectivity index is 1.34. The Bertz CT molecular complexity index is 1350. The summed E-state index contributed by atoms with van der Waals surface area (Å²) in [6.45, 7) is 9.60. The first-order valence-electron chi connectivity index (χ1n) is 13.1. The molecule has 1 amide bonds. The summed E-state index contributed by atoms with van der Waals surface area (Å²) in [4.78, 5) is 27.3. The molecule has 0 aromatic carbocycles. The van der Waals surface area contributed by atoms with Crippen LogP contribution in [0.1, 0.15) is 57.1 Å². The van der Waals surface area contributed by atoms with E-state index in [0.29, 0.717) is 32.1 Å². The predicted molar refractivity (Wildman–Crippen MR) is 139 cm³/mol. The molecular formula is C25H32F3N7O3S. The molecule has 212 valence electrons. The van der Waals surface area contributed by atoms with E-state index in [1.807, 2.05) is 25.7 Å². The summed E-state index contributed by atoms with van der Waals surface area (Å²) >= 11 is 1.57. The van der Waals surface area contributed by atoms with E-state index in [1.165, 1.54) is 0 Å². The molecule has 14 heteroatoms. The van der Waals surface area contributed by atoms with Gasteiger partial charge >= 0.3 is 18.3 Å². The van der Waals surface area contributed by atoms with Gasteiger partial charge < -0.3 is 23.8 Å². The molecule has 1 unspecified atom stereocenters. The van der Waals surface area contributed by atoms with E-state index in [1.54, 1.807) is 16.2 Å². The number of hydrogen-bond donors (Lipinski definition) is 0. The van der Waals surface area contributed by atoms with Crippen molar-refractivity contribution in [2.75, 3.05) is 31.1 Å². The van der Waals surface area contributed by atoms with Crippen LogP contribution in [-0.4, -0.2) is 67.6 Å². The Hall–Kier alpha value is -3.16. The molecule has 1 atom stereocenters. The molecule has 1 fully saturated rings. The minimum Gasteiger partial charge on any atom is -0.463 e. The first-order valence-corrected chi connectivity index (χ1v) is 13.9. The lowest BCUT2D eigenvalue weighted by Gasteiger charge is -2.29. The number of anilines is 1. The van der Waals surface area contributed by atoms with Crippen LogP contribution in [0.4, 0.5) is 23.8 Å². The van der Waals surface area contributed by atoms with Gasteiger partial charge in [0.05, 0.1) is 18.5 Å². The van der Waals surface area contributed by atoms with E-state index in [2.05, 4.69) is 28.2 Å². The molecule has 39 heavy (non-hydrogen) atoms. The number of hydrogen-bond acceptors (Lipinski definition) is 9. The number of alkyl halides is 3. The minimum atomic E-state index is -4.56. The number of carbonyl (C=O) groups excluding carboxylic acids is 1. The average Bonchev–Trinajstić information content (AvgIpc) is 3.58. The lowest BCUT2D eigenvalue weighted by Crippen LogP contribution is -2.36. The van der Waals surface area contributed by atoms with E-state index in [4.69, 9.17) is 14.5 Å². The van der Waals surface area contributed by atoms with Gasteiger partial charge in [-0.15, -0.1) is 21.5 Å². The van der Waals surface area contributed by atoms with Crippen molar-refractivity contribution < 1.29 is 27.4 Å². The number of carbonyl (C=O) groups is 1. The molecule has 2 aliphatic rings. The summed E-state index contributed by atoms with van der Waals surface area (Å²) in [5, 5.41) is 8.04. The molecule has 0 aliphatic carbocycles. The first kappa shape index (κ1) is 27.4. The van der Waals surface area contributed by atoms with Gasteiger partial charge in [0.25, 0.3) is 0 Å². The van der Waals surface area contributed by atoms with Gasteiger partial charge in [-0.2, -0.15) is 23.1 Å². The van der Waals surface area contributed by atoms with E-state index < -0.39 is 17.6 Å². The standard InChI is InChI=1S/C25H32F3N7O3S/c1-5-6-16-11-17-19(33-9-10-35-18(13-33)31-32-21(35)25(26,27)28)29-22(30-20(17)39-16)37-14-15-7-8-34(12-15)23(36)38-24(2,3)4/h11,15H,5-10,12-14H2,1-4H3. The molecular weight excluding hydrogens is 535 g/mol. The Labute approximate surface area is 228 Å². The molecule has 0 saturated carbocycles. The lowest BCUT2D eigenvalue weighted by atomic mass is 10.1. The van der Waals surface area contributed by atoms with Gasteiger partial charge in [-0.3, -0.25) is 0 Å². The highest BCUT2D eigenvalue weighted by Crippen LogP contribution is 2.36. The zero-order chi connectivity index (χ0) is 27.9. The number of rotatable bonds is 6. The normalized spacial score (nSPS) is 18.1. The van der Waals surface area contributed by atoms with Crippen molar-refractivity contribution in [1.29, 1.82) is 0 Å². The SMILES string of the molecule is CCCc1cc2c(N3CCn4c(nnc4C(F)(F)F)C3)nc(OCC3CCN(C(=O)OC(C)(C)C)C3)nc2s1. The van der Waals surface area contributed by atoms with Crippen molar-refractivity contribution in [3.8, 4) is 6.01 Å². The van der Waals surface area contributed by atoms with E-state index in [9.17, 15) is 18.0 Å². The fourth-order valence-corrected chi connectivity index (χ4v) is 5.93. The molecule has 2 aliphatic heterocycles. The Morgan fingerprint density at radius 1 is 1.15 bits per heavy atom. The van der Waals surface area contributed by atoms with Crippen LogP contribution in [0.15, 0.2) is 6.07 Å². The van der Waals surface area contributed by atoms with Gasteiger partial charge in [-0.05, 0) is 39.7 Å². The first-order chi connectivity index (χ1) is 18.4. The van der Waals surface area contributed by atoms with E-state index in [0.717, 1.165) is 38.9 Å². The van der Waals surface area contributed by atoms with Gasteiger partial charge in [0.1, 0.15) is 16.2 Å². The third-order valence-electron chi connectivity index (χ3n) is 6.59. The fourth-order valence-electron chi connectivity index (χ4n) is 4.81. The number of thiophene rings is 1. The summed E-state index contributed by atoms with van der Waals surface area (Å²) in [6, 6.07) is 2.26. The highest BCUT2D eigenvalue weighted by Gasteiger charge is 2.40. The molecule has 0 bridgehead atoms. The number of likely N-dealkylation sites (tertiary alicyclic amines) is 1. The number of amides is 1. The van der Waals surface area contributed by atoms with Crippen LogP contribution in [0, 0.1) is 5.92 Å². The zero-order valence-electron chi connectivity index (χ0n) is 22.4. The summed E-state index contributed by atoms with van der Waals surface area (Å²) in [7, 11) is 0. The molecule has 0 spiro atoms. The third-order valence-corrected chi connectivity index (χ3v) is 7.68.